The average Bonchev–Trinajstić information content (AvgIpc) is 2.01. The van der Waals surface area contributed by atoms with Crippen molar-refractivity contribution in [3.8, 4) is 0 Å². The first-order chi connectivity index (χ1) is 5.91. The minimum absolute atomic E-state index is 0.0959. The number of nitrogens with zero attached hydrogens (tertiary/aromatic N) is 1. The van der Waals surface area contributed by atoms with Crippen molar-refractivity contribution >= 4 is 11.7 Å². The smallest absolute Gasteiger partial charge is 0.307 e. The third-order valence-electron chi connectivity index (χ3n) is 3.23. The summed E-state index contributed by atoms with van der Waals surface area (Å²) < 4.78 is 0. The summed E-state index contributed by atoms with van der Waals surface area (Å²) >= 11 is 0. The number of carboxylic acid groups (broad SMARTS) is 1. The molecule has 2 N–H and O–H groups in total. The molecule has 0 saturated heterocycles. The van der Waals surface area contributed by atoms with Crippen LogP contribution in [0.4, 0.5) is 0 Å². The number of hydrogen-bond donors (Lipinski definition) is 2. The standard InChI is InChI=1S/C9H15NO3/c1-5(10-13)6-4-7(8(11)12)9(6,2)3/h6-7,13H,4H2,1-3H3,(H,11,12)/b10-5-/t6-,7+/m1/s1. The molecule has 0 aromatic rings. The Labute approximate surface area is 77.3 Å². The number of hydrogen-bond acceptors (Lipinski definition) is 3. The van der Waals surface area contributed by atoms with Gasteiger partial charge in [0.15, 0.2) is 0 Å². The maximum atomic E-state index is 10.8. The number of carboxylic acids is 1. The molecular weight excluding hydrogens is 170 g/mol. The van der Waals surface area contributed by atoms with Crippen molar-refractivity contribution in [2.45, 2.75) is 27.2 Å². The van der Waals surface area contributed by atoms with Crippen molar-refractivity contribution < 1.29 is 15.1 Å². The van der Waals surface area contributed by atoms with Gasteiger partial charge in [0.25, 0.3) is 0 Å². The van der Waals surface area contributed by atoms with Gasteiger partial charge < -0.3 is 10.3 Å². The summed E-state index contributed by atoms with van der Waals surface area (Å²) in [6.45, 7) is 5.52. The van der Waals surface area contributed by atoms with Gasteiger partial charge in [-0.25, -0.2) is 0 Å². The van der Waals surface area contributed by atoms with Crippen LogP contribution in [0.2, 0.25) is 0 Å². The van der Waals surface area contributed by atoms with Gasteiger partial charge in [-0.2, -0.15) is 0 Å². The predicted molar refractivity (Wildman–Crippen MR) is 47.9 cm³/mol. The first-order valence-electron chi connectivity index (χ1n) is 4.32. The quantitative estimate of drug-likeness (QED) is 0.390. The molecule has 0 radical (unpaired) electrons. The molecule has 1 aliphatic rings. The Hall–Kier alpha value is -1.06. The molecule has 74 valence electrons. The average molecular weight is 185 g/mol. The van der Waals surface area contributed by atoms with Crippen molar-refractivity contribution in [2.24, 2.45) is 22.4 Å². The Kier molecular flexibility index (Phi) is 2.32. The highest BCUT2D eigenvalue weighted by Gasteiger charge is 2.53. The van der Waals surface area contributed by atoms with E-state index in [1.165, 1.54) is 0 Å². The van der Waals surface area contributed by atoms with Crippen molar-refractivity contribution in [2.75, 3.05) is 0 Å². The predicted octanol–water partition coefficient (Wildman–Crippen LogP) is 1.58. The Morgan fingerprint density at radius 3 is 2.31 bits per heavy atom. The van der Waals surface area contributed by atoms with E-state index in [1.54, 1.807) is 6.92 Å². The number of aliphatic carboxylic acids is 1. The second-order valence-electron chi connectivity index (χ2n) is 4.24. The maximum Gasteiger partial charge on any atom is 0.307 e. The van der Waals surface area contributed by atoms with Gasteiger partial charge in [0.05, 0.1) is 11.6 Å². The molecule has 0 aliphatic heterocycles. The van der Waals surface area contributed by atoms with Gasteiger partial charge in [0.2, 0.25) is 0 Å². The summed E-state index contributed by atoms with van der Waals surface area (Å²) in [4.78, 5) is 10.8. The van der Waals surface area contributed by atoms with E-state index in [9.17, 15) is 4.79 Å². The fourth-order valence-corrected chi connectivity index (χ4v) is 2.12. The van der Waals surface area contributed by atoms with Gasteiger partial charge in [-0.3, -0.25) is 4.79 Å². The Balaban J connectivity index is 2.75. The molecule has 0 heterocycles. The third kappa shape index (κ3) is 1.41. The van der Waals surface area contributed by atoms with Crippen molar-refractivity contribution in [1.82, 2.24) is 0 Å². The minimum atomic E-state index is -0.757. The first kappa shape index (κ1) is 10.0. The van der Waals surface area contributed by atoms with Gasteiger partial charge in [0, 0.05) is 5.92 Å². The first-order valence-corrected chi connectivity index (χ1v) is 4.32. The highest BCUT2D eigenvalue weighted by Crippen LogP contribution is 2.51. The molecule has 1 saturated carbocycles. The molecule has 13 heavy (non-hydrogen) atoms. The van der Waals surface area contributed by atoms with E-state index >= 15 is 0 Å². The van der Waals surface area contributed by atoms with Gasteiger partial charge in [-0.15, -0.1) is 0 Å². The van der Waals surface area contributed by atoms with E-state index in [1.807, 2.05) is 13.8 Å². The van der Waals surface area contributed by atoms with Crippen LogP contribution < -0.4 is 0 Å². The second kappa shape index (κ2) is 3.01. The molecule has 1 rings (SSSR count). The summed E-state index contributed by atoms with van der Waals surface area (Å²) in [6, 6.07) is 0. The highest BCUT2D eigenvalue weighted by molar-refractivity contribution is 5.88. The van der Waals surface area contributed by atoms with Crippen LogP contribution in [0.15, 0.2) is 5.16 Å². The van der Waals surface area contributed by atoms with Crippen LogP contribution in [0.25, 0.3) is 0 Å². The molecule has 4 heteroatoms. The van der Waals surface area contributed by atoms with Crippen LogP contribution in [0, 0.1) is 17.3 Å². The Bertz CT molecular complexity index is 258. The maximum absolute atomic E-state index is 10.8. The number of rotatable bonds is 2. The van der Waals surface area contributed by atoms with E-state index in [0.717, 1.165) is 0 Å². The lowest BCUT2D eigenvalue weighted by molar-refractivity contribution is -0.155. The van der Waals surface area contributed by atoms with E-state index in [0.29, 0.717) is 12.1 Å². The van der Waals surface area contributed by atoms with E-state index < -0.39 is 5.97 Å². The number of oxime groups is 1. The topological polar surface area (TPSA) is 69.9 Å². The summed E-state index contributed by atoms with van der Waals surface area (Å²) in [7, 11) is 0. The van der Waals surface area contributed by atoms with Crippen LogP contribution in [0.5, 0.6) is 0 Å². The molecule has 1 aliphatic carbocycles. The Morgan fingerprint density at radius 1 is 1.46 bits per heavy atom. The lowest BCUT2D eigenvalue weighted by atomic mass is 9.53. The molecule has 0 aromatic heterocycles. The molecule has 0 spiro atoms. The zero-order valence-electron chi connectivity index (χ0n) is 8.11. The van der Waals surface area contributed by atoms with Crippen molar-refractivity contribution in [3.63, 3.8) is 0 Å². The summed E-state index contributed by atoms with van der Waals surface area (Å²) in [5.41, 5.74) is 0.338. The molecule has 1 fully saturated rings. The van der Waals surface area contributed by atoms with E-state index in [-0.39, 0.29) is 17.3 Å². The van der Waals surface area contributed by atoms with Crippen LogP contribution in [0.3, 0.4) is 0 Å². The minimum Gasteiger partial charge on any atom is -0.481 e. The molecule has 0 aromatic carbocycles. The summed E-state index contributed by atoms with van der Waals surface area (Å²) in [5, 5.41) is 20.5. The Morgan fingerprint density at radius 2 is 2.00 bits per heavy atom. The highest BCUT2D eigenvalue weighted by atomic mass is 16.4. The van der Waals surface area contributed by atoms with Gasteiger partial charge in [-0.05, 0) is 18.8 Å². The largest absolute Gasteiger partial charge is 0.481 e. The molecular formula is C9H15NO3. The number of carbonyl (C=O) groups is 1. The fraction of sp³-hybridized carbons (Fsp3) is 0.778. The molecule has 0 bridgehead atoms. The summed E-state index contributed by atoms with van der Waals surface area (Å²) in [6.07, 6.45) is 0.582. The summed E-state index contributed by atoms with van der Waals surface area (Å²) in [5.74, 6) is -0.972. The normalized spacial score (nSPS) is 32.4. The second-order valence-corrected chi connectivity index (χ2v) is 4.24. The lowest BCUT2D eigenvalue weighted by Crippen LogP contribution is -2.51. The van der Waals surface area contributed by atoms with E-state index in [4.69, 9.17) is 10.3 Å². The monoisotopic (exact) mass is 185 g/mol. The van der Waals surface area contributed by atoms with Gasteiger partial charge in [-0.1, -0.05) is 19.0 Å². The molecule has 0 amide bonds. The van der Waals surface area contributed by atoms with Gasteiger partial charge >= 0.3 is 5.97 Å². The van der Waals surface area contributed by atoms with Crippen molar-refractivity contribution in [3.05, 3.63) is 0 Å². The van der Waals surface area contributed by atoms with Crippen molar-refractivity contribution in [1.29, 1.82) is 0 Å². The van der Waals surface area contributed by atoms with Crippen LogP contribution in [-0.4, -0.2) is 22.0 Å². The fourth-order valence-electron chi connectivity index (χ4n) is 2.12. The molecule has 0 unspecified atom stereocenters. The van der Waals surface area contributed by atoms with Crippen LogP contribution >= 0.6 is 0 Å². The zero-order valence-corrected chi connectivity index (χ0v) is 8.11. The van der Waals surface area contributed by atoms with Crippen LogP contribution in [-0.2, 0) is 4.79 Å². The van der Waals surface area contributed by atoms with Crippen LogP contribution in [0.1, 0.15) is 27.2 Å². The SMILES string of the molecule is C/C(=N/O)[C@H]1C[C@@H](C(=O)O)C1(C)C. The molecule has 4 nitrogen and oxygen atoms in total. The third-order valence-corrected chi connectivity index (χ3v) is 3.23. The van der Waals surface area contributed by atoms with E-state index in [2.05, 4.69) is 5.16 Å². The molecule has 2 atom stereocenters. The lowest BCUT2D eigenvalue weighted by Gasteiger charge is -2.49. The zero-order chi connectivity index (χ0) is 10.2. The van der Waals surface area contributed by atoms with Gasteiger partial charge in [0.1, 0.15) is 0 Å².